The maximum Gasteiger partial charge on any atom is 0.0632 e. The van der Waals surface area contributed by atoms with Gasteiger partial charge in [0.05, 0.1) is 5.71 Å². The minimum absolute atomic E-state index is 0.368. The van der Waals surface area contributed by atoms with Gasteiger partial charge in [0.15, 0.2) is 0 Å². The van der Waals surface area contributed by atoms with Gasteiger partial charge in [-0.2, -0.15) is 0 Å². The molecule has 2 aliphatic rings. The minimum Gasteiger partial charge on any atom is -0.411 e. The Morgan fingerprint density at radius 3 is 2.27 bits per heavy atom. The van der Waals surface area contributed by atoms with Gasteiger partial charge >= 0.3 is 0 Å². The number of rotatable bonds is 0. The second-order valence-corrected chi connectivity index (χ2v) is 3.89. The quantitative estimate of drug-likeness (QED) is 0.421. The third-order valence-electron chi connectivity index (χ3n) is 3.38. The summed E-state index contributed by atoms with van der Waals surface area (Å²) in [5.74, 6) is 0. The molecule has 2 nitrogen and oxygen atoms in total. The SMILES string of the molecule is O/N=C1\CCC12CCCCC2. The summed E-state index contributed by atoms with van der Waals surface area (Å²) < 4.78 is 0. The molecule has 0 aromatic carbocycles. The van der Waals surface area contributed by atoms with Crippen molar-refractivity contribution in [2.24, 2.45) is 10.6 Å². The van der Waals surface area contributed by atoms with Crippen LogP contribution in [0.3, 0.4) is 0 Å². The number of hydrogen-bond donors (Lipinski definition) is 1. The molecule has 0 aliphatic heterocycles. The van der Waals surface area contributed by atoms with E-state index in [0.717, 1.165) is 12.1 Å². The van der Waals surface area contributed by atoms with Gasteiger partial charge in [-0.15, -0.1) is 0 Å². The lowest BCUT2D eigenvalue weighted by Gasteiger charge is -2.45. The third kappa shape index (κ3) is 0.959. The fourth-order valence-electron chi connectivity index (χ4n) is 2.51. The maximum absolute atomic E-state index is 8.69. The van der Waals surface area contributed by atoms with E-state index in [1.807, 2.05) is 0 Å². The minimum atomic E-state index is 0.368. The summed E-state index contributed by atoms with van der Waals surface area (Å²) in [5.41, 5.74) is 1.45. The normalized spacial score (nSPS) is 32.2. The Balaban J connectivity index is 2.09. The summed E-state index contributed by atoms with van der Waals surface area (Å²) in [7, 11) is 0. The van der Waals surface area contributed by atoms with Crippen LogP contribution in [0.2, 0.25) is 0 Å². The lowest BCUT2D eigenvalue weighted by atomic mass is 9.59. The first-order valence-corrected chi connectivity index (χ1v) is 4.59. The number of oxime groups is 1. The van der Waals surface area contributed by atoms with Gasteiger partial charge < -0.3 is 5.21 Å². The first kappa shape index (κ1) is 7.14. The molecule has 2 fully saturated rings. The first-order chi connectivity index (χ1) is 5.37. The Morgan fingerprint density at radius 1 is 1.09 bits per heavy atom. The predicted octanol–water partition coefficient (Wildman–Crippen LogP) is 2.56. The molecule has 0 aromatic heterocycles. The molecule has 2 rings (SSSR count). The summed E-state index contributed by atoms with van der Waals surface area (Å²) in [6, 6.07) is 0. The third-order valence-corrected chi connectivity index (χ3v) is 3.38. The number of nitrogens with zero attached hydrogens (tertiary/aromatic N) is 1. The van der Waals surface area contributed by atoms with Crippen molar-refractivity contribution in [3.05, 3.63) is 0 Å². The molecule has 0 amide bonds. The molecule has 0 unspecified atom stereocenters. The lowest BCUT2D eigenvalue weighted by molar-refractivity contribution is 0.205. The van der Waals surface area contributed by atoms with Crippen molar-refractivity contribution >= 4 is 5.71 Å². The standard InChI is InChI=1S/C9H15NO/c11-10-8-4-7-9(8)5-2-1-3-6-9/h11H,1-7H2/b10-8+. The Bertz CT molecular complexity index is 180. The molecule has 0 bridgehead atoms. The van der Waals surface area contributed by atoms with Gasteiger partial charge in [0.1, 0.15) is 0 Å². The molecule has 0 radical (unpaired) electrons. The van der Waals surface area contributed by atoms with Crippen LogP contribution in [0, 0.1) is 5.41 Å². The van der Waals surface area contributed by atoms with E-state index in [4.69, 9.17) is 5.21 Å². The molecular formula is C9H15NO. The van der Waals surface area contributed by atoms with E-state index in [0.29, 0.717) is 5.41 Å². The summed E-state index contributed by atoms with van der Waals surface area (Å²) in [6.07, 6.45) is 8.89. The van der Waals surface area contributed by atoms with Gasteiger partial charge in [-0.25, -0.2) is 0 Å². The van der Waals surface area contributed by atoms with Crippen LogP contribution in [0.1, 0.15) is 44.9 Å². The van der Waals surface area contributed by atoms with Crippen molar-refractivity contribution in [3.8, 4) is 0 Å². The van der Waals surface area contributed by atoms with E-state index in [2.05, 4.69) is 5.16 Å². The zero-order valence-electron chi connectivity index (χ0n) is 6.84. The van der Waals surface area contributed by atoms with Crippen LogP contribution in [0.5, 0.6) is 0 Å². The van der Waals surface area contributed by atoms with Gasteiger partial charge in [0.25, 0.3) is 0 Å². The predicted molar refractivity (Wildman–Crippen MR) is 44.0 cm³/mol. The van der Waals surface area contributed by atoms with E-state index in [-0.39, 0.29) is 0 Å². The van der Waals surface area contributed by atoms with Crippen LogP contribution in [0.25, 0.3) is 0 Å². The molecule has 1 N–H and O–H groups in total. The zero-order chi connectivity index (χ0) is 7.73. The van der Waals surface area contributed by atoms with Crippen molar-refractivity contribution in [1.29, 1.82) is 0 Å². The Labute approximate surface area is 67.3 Å². The van der Waals surface area contributed by atoms with Crippen molar-refractivity contribution in [3.63, 3.8) is 0 Å². The molecule has 0 heterocycles. The largest absolute Gasteiger partial charge is 0.411 e. The lowest BCUT2D eigenvalue weighted by Crippen LogP contribution is -2.42. The fourth-order valence-corrected chi connectivity index (χ4v) is 2.51. The zero-order valence-corrected chi connectivity index (χ0v) is 6.84. The molecule has 0 atom stereocenters. The smallest absolute Gasteiger partial charge is 0.0632 e. The Hall–Kier alpha value is -0.530. The van der Waals surface area contributed by atoms with Crippen LogP contribution in [-0.2, 0) is 0 Å². The summed E-state index contributed by atoms with van der Waals surface area (Å²) in [5, 5.41) is 12.1. The molecular weight excluding hydrogens is 138 g/mol. The van der Waals surface area contributed by atoms with Crippen molar-refractivity contribution in [2.45, 2.75) is 44.9 Å². The Morgan fingerprint density at radius 2 is 1.82 bits per heavy atom. The topological polar surface area (TPSA) is 32.6 Å². The maximum atomic E-state index is 8.69. The van der Waals surface area contributed by atoms with Crippen molar-refractivity contribution in [2.75, 3.05) is 0 Å². The van der Waals surface area contributed by atoms with E-state index in [9.17, 15) is 0 Å². The van der Waals surface area contributed by atoms with Crippen LogP contribution < -0.4 is 0 Å². The molecule has 2 saturated carbocycles. The molecule has 0 saturated heterocycles. The second-order valence-electron chi connectivity index (χ2n) is 3.89. The highest BCUT2D eigenvalue weighted by atomic mass is 16.4. The number of hydrogen-bond acceptors (Lipinski definition) is 2. The van der Waals surface area contributed by atoms with E-state index in [1.165, 1.54) is 38.5 Å². The Kier molecular flexibility index (Phi) is 1.63. The molecule has 62 valence electrons. The van der Waals surface area contributed by atoms with Gasteiger partial charge in [-0.05, 0) is 25.7 Å². The van der Waals surface area contributed by atoms with E-state index < -0.39 is 0 Å². The van der Waals surface area contributed by atoms with Crippen LogP contribution in [0.15, 0.2) is 5.16 Å². The van der Waals surface area contributed by atoms with Gasteiger partial charge in [0.2, 0.25) is 0 Å². The summed E-state index contributed by atoms with van der Waals surface area (Å²) >= 11 is 0. The molecule has 0 aromatic rings. The van der Waals surface area contributed by atoms with Crippen molar-refractivity contribution < 1.29 is 5.21 Å². The van der Waals surface area contributed by atoms with Crippen LogP contribution in [0.4, 0.5) is 0 Å². The molecule has 1 spiro atoms. The second kappa shape index (κ2) is 2.50. The highest BCUT2D eigenvalue weighted by molar-refractivity contribution is 5.95. The monoisotopic (exact) mass is 153 g/mol. The average Bonchev–Trinajstić information content (AvgIpc) is 2.05. The van der Waals surface area contributed by atoms with E-state index in [1.54, 1.807) is 0 Å². The van der Waals surface area contributed by atoms with Gasteiger partial charge in [0, 0.05) is 5.41 Å². The van der Waals surface area contributed by atoms with Gasteiger partial charge in [-0.1, -0.05) is 24.4 Å². The molecule has 2 aliphatic carbocycles. The fraction of sp³-hybridized carbons (Fsp3) is 0.889. The molecule has 11 heavy (non-hydrogen) atoms. The average molecular weight is 153 g/mol. The van der Waals surface area contributed by atoms with Crippen LogP contribution >= 0.6 is 0 Å². The highest BCUT2D eigenvalue weighted by Crippen LogP contribution is 2.49. The summed E-state index contributed by atoms with van der Waals surface area (Å²) in [6.45, 7) is 0. The van der Waals surface area contributed by atoms with Crippen LogP contribution in [-0.4, -0.2) is 10.9 Å². The van der Waals surface area contributed by atoms with Crippen molar-refractivity contribution in [1.82, 2.24) is 0 Å². The first-order valence-electron chi connectivity index (χ1n) is 4.59. The van der Waals surface area contributed by atoms with E-state index >= 15 is 0 Å². The summed E-state index contributed by atoms with van der Waals surface area (Å²) in [4.78, 5) is 0. The molecule has 2 heteroatoms. The van der Waals surface area contributed by atoms with Gasteiger partial charge in [-0.3, -0.25) is 0 Å². The highest BCUT2D eigenvalue weighted by Gasteiger charge is 2.44.